The van der Waals surface area contributed by atoms with Gasteiger partial charge in [0.2, 0.25) is 35.4 Å². The van der Waals surface area contributed by atoms with Crippen LogP contribution in [0.15, 0.2) is 30.3 Å². The Kier molecular flexibility index (Phi) is 21.3. The zero-order valence-corrected chi connectivity index (χ0v) is 34.7. The van der Waals surface area contributed by atoms with E-state index in [2.05, 4.69) is 31.9 Å². The number of hydrogen-bond acceptors (Lipinski definition) is 9. The Morgan fingerprint density at radius 3 is 1.39 bits per heavy atom. The Morgan fingerprint density at radius 2 is 0.946 bits per heavy atom. The molecule has 1 aromatic rings. The number of nitrogens with one attached hydrogen (secondary N) is 6. The lowest BCUT2D eigenvalue weighted by atomic mass is 9.95. The number of benzene rings is 1. The lowest BCUT2D eigenvalue weighted by Gasteiger charge is -2.31. The molecule has 6 amide bonds. The second-order valence-corrected chi connectivity index (χ2v) is 15.4. The predicted molar refractivity (Wildman–Crippen MR) is 213 cm³/mol. The number of rotatable bonds is 24. The van der Waals surface area contributed by atoms with Crippen LogP contribution in [0.4, 0.5) is 0 Å². The summed E-state index contributed by atoms with van der Waals surface area (Å²) in [5.74, 6) is -6.79. The first-order valence-corrected chi connectivity index (χ1v) is 19.7. The highest BCUT2D eigenvalue weighted by atomic mass is 16.4. The minimum Gasteiger partial charge on any atom is -0.480 e. The van der Waals surface area contributed by atoms with Gasteiger partial charge in [0.15, 0.2) is 0 Å². The maximum absolute atomic E-state index is 14.0. The third kappa shape index (κ3) is 15.9. The molecule has 0 fully saturated rings. The molecule has 0 aliphatic carbocycles. The van der Waals surface area contributed by atoms with Crippen molar-refractivity contribution >= 4 is 41.4 Å². The summed E-state index contributed by atoms with van der Waals surface area (Å²) in [4.78, 5) is 93.1. The second kappa shape index (κ2) is 24.1. The van der Waals surface area contributed by atoms with E-state index in [1.54, 1.807) is 58.0 Å². The van der Waals surface area contributed by atoms with Gasteiger partial charge in [0.25, 0.3) is 0 Å². The molecular formula is C40H67N7O9. The predicted octanol–water partition coefficient (Wildman–Crippen LogP) is 1.13. The summed E-state index contributed by atoms with van der Waals surface area (Å²) >= 11 is 0. The van der Waals surface area contributed by atoms with Gasteiger partial charge in [-0.1, -0.05) is 105 Å². The van der Waals surface area contributed by atoms with Crippen LogP contribution in [0.1, 0.15) is 100 Å². The largest absolute Gasteiger partial charge is 0.480 e. The average molecular weight is 790 g/mol. The summed E-state index contributed by atoms with van der Waals surface area (Å²) in [5, 5.41) is 36.2. The summed E-state index contributed by atoms with van der Waals surface area (Å²) < 4.78 is 0. The van der Waals surface area contributed by atoms with Crippen LogP contribution < -0.4 is 37.6 Å². The molecule has 0 aromatic heterocycles. The van der Waals surface area contributed by atoms with Crippen LogP contribution in [0, 0.1) is 23.7 Å². The van der Waals surface area contributed by atoms with Crippen LogP contribution in [0.5, 0.6) is 0 Å². The number of carbonyl (C=O) groups is 7. The monoisotopic (exact) mass is 790 g/mol. The highest BCUT2D eigenvalue weighted by molar-refractivity contribution is 5.97. The number of nitrogens with two attached hydrogens (primary N) is 1. The molecule has 0 saturated carbocycles. The maximum Gasteiger partial charge on any atom is 0.326 e. The Hall–Kier alpha value is -4.57. The summed E-state index contributed by atoms with van der Waals surface area (Å²) in [6, 6.07) is 0.637. The first kappa shape index (κ1) is 49.4. The fourth-order valence-corrected chi connectivity index (χ4v) is 5.81. The number of carboxylic acid groups (broad SMARTS) is 1. The molecule has 16 nitrogen and oxygen atoms in total. The van der Waals surface area contributed by atoms with E-state index >= 15 is 0 Å². The molecular weight excluding hydrogens is 722 g/mol. The smallest absolute Gasteiger partial charge is 0.326 e. The Labute approximate surface area is 331 Å². The van der Waals surface area contributed by atoms with Crippen LogP contribution in [0.3, 0.4) is 0 Å². The average Bonchev–Trinajstić information content (AvgIpc) is 3.14. The molecule has 0 spiro atoms. The van der Waals surface area contributed by atoms with E-state index in [4.69, 9.17) is 5.73 Å². The number of carbonyl (C=O) groups excluding carboxylic acids is 6. The summed E-state index contributed by atoms with van der Waals surface area (Å²) in [5.41, 5.74) is 6.40. The molecule has 0 aliphatic heterocycles. The van der Waals surface area contributed by atoms with Crippen molar-refractivity contribution in [3.63, 3.8) is 0 Å². The van der Waals surface area contributed by atoms with E-state index in [1.165, 1.54) is 13.8 Å². The molecule has 16 heteroatoms. The SMILES string of the molecule is CCC(C)C(NC(=O)C(Cc1ccccc1)NC(=O)C(NC(=O)C(CC(C)C)NC(=O)C(NC(=O)C(NC(=O)C(C)N)C(C)CC)C(C)O)C(C)CC)C(=O)O. The van der Waals surface area contributed by atoms with E-state index in [9.17, 15) is 43.8 Å². The molecule has 0 saturated heterocycles. The normalized spacial score (nSPS) is 17.2. The first-order chi connectivity index (χ1) is 26.2. The molecule has 0 radical (unpaired) electrons. The lowest BCUT2D eigenvalue weighted by Crippen LogP contribution is -2.62. The third-order valence-corrected chi connectivity index (χ3v) is 10.1. The highest BCUT2D eigenvalue weighted by Gasteiger charge is 2.37. The Balaban J connectivity index is 3.39. The van der Waals surface area contributed by atoms with Crippen molar-refractivity contribution in [2.75, 3.05) is 0 Å². The van der Waals surface area contributed by atoms with Gasteiger partial charge in [-0.2, -0.15) is 0 Å². The summed E-state index contributed by atoms with van der Waals surface area (Å²) in [6.45, 7) is 17.1. The topological polar surface area (TPSA) is 258 Å². The van der Waals surface area contributed by atoms with Gasteiger partial charge in [0.05, 0.1) is 12.1 Å². The molecule has 316 valence electrons. The number of aliphatic hydroxyl groups is 1. The molecule has 11 atom stereocenters. The lowest BCUT2D eigenvalue weighted by molar-refractivity contribution is -0.144. The molecule has 11 unspecified atom stereocenters. The van der Waals surface area contributed by atoms with Gasteiger partial charge in [-0.25, -0.2) is 4.79 Å². The molecule has 0 heterocycles. The van der Waals surface area contributed by atoms with E-state index < -0.39 is 102 Å². The minimum absolute atomic E-state index is 0.0394. The Morgan fingerprint density at radius 1 is 0.554 bits per heavy atom. The van der Waals surface area contributed by atoms with E-state index in [0.717, 1.165) is 0 Å². The van der Waals surface area contributed by atoms with Gasteiger partial charge in [0.1, 0.15) is 36.3 Å². The number of hydrogen-bond donors (Lipinski definition) is 9. The van der Waals surface area contributed by atoms with Crippen molar-refractivity contribution in [3.8, 4) is 0 Å². The van der Waals surface area contributed by atoms with Crippen molar-refractivity contribution in [3.05, 3.63) is 35.9 Å². The van der Waals surface area contributed by atoms with Gasteiger partial charge >= 0.3 is 5.97 Å². The van der Waals surface area contributed by atoms with Gasteiger partial charge < -0.3 is 47.8 Å². The van der Waals surface area contributed by atoms with Crippen LogP contribution in [0.2, 0.25) is 0 Å². The van der Waals surface area contributed by atoms with E-state index in [1.807, 2.05) is 27.7 Å². The summed E-state index contributed by atoms with van der Waals surface area (Å²) in [6.07, 6.45) is 0.185. The van der Waals surface area contributed by atoms with Gasteiger partial charge in [-0.15, -0.1) is 0 Å². The van der Waals surface area contributed by atoms with E-state index in [-0.39, 0.29) is 24.7 Å². The van der Waals surface area contributed by atoms with Crippen molar-refractivity contribution in [1.29, 1.82) is 0 Å². The van der Waals surface area contributed by atoms with Crippen LogP contribution >= 0.6 is 0 Å². The van der Waals surface area contributed by atoms with E-state index in [0.29, 0.717) is 24.8 Å². The molecule has 1 rings (SSSR count). The molecule has 56 heavy (non-hydrogen) atoms. The number of carboxylic acids is 1. The highest BCUT2D eigenvalue weighted by Crippen LogP contribution is 2.15. The molecule has 1 aromatic carbocycles. The summed E-state index contributed by atoms with van der Waals surface area (Å²) in [7, 11) is 0. The zero-order valence-electron chi connectivity index (χ0n) is 34.7. The minimum atomic E-state index is -1.51. The van der Waals surface area contributed by atoms with Crippen molar-refractivity contribution < 1.29 is 43.8 Å². The molecule has 10 N–H and O–H groups in total. The van der Waals surface area contributed by atoms with Crippen molar-refractivity contribution in [2.24, 2.45) is 29.4 Å². The number of aliphatic carboxylic acids is 1. The second-order valence-electron chi connectivity index (χ2n) is 15.4. The first-order valence-electron chi connectivity index (χ1n) is 19.7. The number of amides is 6. The standard InChI is InChI=1S/C40H67N7O9/c1-11-22(6)30(37(52)43-29(20-27-17-15-14-16-18-27)36(51)46-32(40(55)56)24(8)13-3)45-35(50)28(19-21(4)5)42-39(54)33(26(10)48)47-38(53)31(23(7)12-2)44-34(49)25(9)41/h14-18,21-26,28-33,48H,11-13,19-20,41H2,1-10H3,(H,42,54)(H,43,52)(H,44,49)(H,45,50)(H,46,51)(H,47,53)(H,55,56). The zero-order chi connectivity index (χ0) is 42.9. The van der Waals surface area contributed by atoms with Gasteiger partial charge in [-0.3, -0.25) is 28.8 Å². The molecule has 0 aliphatic rings. The van der Waals surface area contributed by atoms with Gasteiger partial charge in [0, 0.05) is 6.42 Å². The Bertz CT molecular complexity index is 1460. The fourth-order valence-electron chi connectivity index (χ4n) is 5.81. The van der Waals surface area contributed by atoms with Gasteiger partial charge in [-0.05, 0) is 49.5 Å². The quantitative estimate of drug-likeness (QED) is 0.0722. The van der Waals surface area contributed by atoms with Crippen molar-refractivity contribution in [1.82, 2.24) is 31.9 Å². The fraction of sp³-hybridized carbons (Fsp3) is 0.675. The maximum atomic E-state index is 14.0. The number of aliphatic hydroxyl groups excluding tert-OH is 1. The van der Waals surface area contributed by atoms with Crippen molar-refractivity contribution in [2.45, 2.75) is 150 Å². The van der Waals surface area contributed by atoms with Crippen LogP contribution in [-0.2, 0) is 40.0 Å². The van der Waals surface area contributed by atoms with Crippen LogP contribution in [0.25, 0.3) is 0 Å². The third-order valence-electron chi connectivity index (χ3n) is 10.1. The van der Waals surface area contributed by atoms with Crippen LogP contribution in [-0.4, -0.2) is 100 Å². The molecule has 0 bridgehead atoms.